The van der Waals surface area contributed by atoms with E-state index >= 15 is 0 Å². The van der Waals surface area contributed by atoms with Crippen LogP contribution in [0.15, 0.2) is 65.4 Å². The average Bonchev–Trinajstić information content (AvgIpc) is 3.16. The molecule has 1 aliphatic heterocycles. The van der Waals surface area contributed by atoms with Gasteiger partial charge in [-0.25, -0.2) is 0 Å². The van der Waals surface area contributed by atoms with Gasteiger partial charge in [-0.15, -0.1) is 0 Å². The topological polar surface area (TPSA) is 38.3 Å². The lowest BCUT2D eigenvalue weighted by Gasteiger charge is -2.24. The van der Waals surface area contributed by atoms with Crippen LogP contribution in [0.5, 0.6) is 5.75 Å². The molecule has 0 fully saturated rings. The fourth-order valence-electron chi connectivity index (χ4n) is 2.95. The molecule has 24 heavy (non-hydrogen) atoms. The van der Waals surface area contributed by atoms with E-state index in [2.05, 4.69) is 28.2 Å². The standard InChI is InChI=1S/C20H17NO2S/c22-20(17-10-15-4-1-2-7-19(15)23-12-17)21-18-6-3-5-14(11-18)16-8-9-24-13-16/h1-9,11,13,17H,10,12H2,(H,21,22). The molecule has 0 saturated heterocycles. The first-order valence-electron chi connectivity index (χ1n) is 7.94. The summed E-state index contributed by atoms with van der Waals surface area (Å²) in [6.45, 7) is 0.424. The molecule has 2 aromatic carbocycles. The minimum Gasteiger partial charge on any atom is -0.492 e. The van der Waals surface area contributed by atoms with Crippen LogP contribution in [-0.4, -0.2) is 12.5 Å². The summed E-state index contributed by atoms with van der Waals surface area (Å²) in [6.07, 6.45) is 0.715. The van der Waals surface area contributed by atoms with Crippen LogP contribution in [0.4, 0.5) is 5.69 Å². The third-order valence-corrected chi connectivity index (χ3v) is 4.92. The molecule has 4 heteroatoms. The Morgan fingerprint density at radius 3 is 2.88 bits per heavy atom. The largest absolute Gasteiger partial charge is 0.492 e. The molecule has 0 spiro atoms. The molecule has 1 N–H and O–H groups in total. The van der Waals surface area contributed by atoms with Crippen molar-refractivity contribution in [3.63, 3.8) is 0 Å². The number of fused-ring (bicyclic) bond motifs is 1. The molecule has 0 radical (unpaired) electrons. The highest BCUT2D eigenvalue weighted by atomic mass is 32.1. The number of carbonyl (C=O) groups excluding carboxylic acids is 1. The lowest BCUT2D eigenvalue weighted by molar-refractivity contribution is -0.121. The van der Waals surface area contributed by atoms with E-state index in [0.29, 0.717) is 13.0 Å². The number of ether oxygens (including phenoxy) is 1. The second-order valence-corrected chi connectivity index (χ2v) is 6.68. The molecule has 2 heterocycles. The molecule has 0 aliphatic carbocycles. The Morgan fingerprint density at radius 2 is 2.00 bits per heavy atom. The van der Waals surface area contributed by atoms with Gasteiger partial charge < -0.3 is 10.1 Å². The van der Waals surface area contributed by atoms with E-state index in [1.54, 1.807) is 11.3 Å². The molecular weight excluding hydrogens is 318 g/mol. The Hall–Kier alpha value is -2.59. The molecule has 0 bridgehead atoms. The van der Waals surface area contributed by atoms with Crippen molar-refractivity contribution in [2.75, 3.05) is 11.9 Å². The maximum atomic E-state index is 12.6. The second kappa shape index (κ2) is 6.49. The van der Waals surface area contributed by atoms with Crippen LogP contribution < -0.4 is 10.1 Å². The predicted octanol–water partition coefficient (Wildman–Crippen LogP) is 4.60. The maximum absolute atomic E-state index is 12.6. The number of para-hydroxylation sites is 1. The lowest BCUT2D eigenvalue weighted by atomic mass is 9.96. The van der Waals surface area contributed by atoms with Gasteiger partial charge in [0.2, 0.25) is 5.91 Å². The van der Waals surface area contributed by atoms with Gasteiger partial charge in [-0.3, -0.25) is 4.79 Å². The van der Waals surface area contributed by atoms with Crippen molar-refractivity contribution < 1.29 is 9.53 Å². The highest BCUT2D eigenvalue weighted by Crippen LogP contribution is 2.28. The Bertz CT molecular complexity index is 858. The number of benzene rings is 2. The van der Waals surface area contributed by atoms with Crippen LogP contribution in [0, 0.1) is 5.92 Å². The molecule has 1 aliphatic rings. The molecule has 1 aromatic heterocycles. The molecule has 1 atom stereocenters. The summed E-state index contributed by atoms with van der Waals surface area (Å²) in [5, 5.41) is 7.19. The summed E-state index contributed by atoms with van der Waals surface area (Å²) in [6, 6.07) is 17.9. The first-order chi connectivity index (χ1) is 11.8. The van der Waals surface area contributed by atoms with E-state index < -0.39 is 0 Å². The molecular formula is C20H17NO2S. The van der Waals surface area contributed by atoms with Crippen LogP contribution in [0.3, 0.4) is 0 Å². The normalized spacial score (nSPS) is 16.1. The summed E-state index contributed by atoms with van der Waals surface area (Å²) in [5.74, 6) is 0.734. The summed E-state index contributed by atoms with van der Waals surface area (Å²) in [4.78, 5) is 12.6. The first kappa shape index (κ1) is 15.0. The minimum atomic E-state index is -0.162. The maximum Gasteiger partial charge on any atom is 0.231 e. The van der Waals surface area contributed by atoms with Crippen molar-refractivity contribution in [2.45, 2.75) is 6.42 Å². The number of nitrogens with one attached hydrogen (secondary N) is 1. The van der Waals surface area contributed by atoms with E-state index in [1.165, 1.54) is 5.56 Å². The number of rotatable bonds is 3. The van der Waals surface area contributed by atoms with Crippen LogP contribution in [0.2, 0.25) is 0 Å². The minimum absolute atomic E-state index is 0.00646. The van der Waals surface area contributed by atoms with Crippen LogP contribution in [0.1, 0.15) is 5.56 Å². The van der Waals surface area contributed by atoms with E-state index in [-0.39, 0.29) is 11.8 Å². The fourth-order valence-corrected chi connectivity index (χ4v) is 3.61. The highest BCUT2D eigenvalue weighted by molar-refractivity contribution is 7.08. The summed E-state index contributed by atoms with van der Waals surface area (Å²) in [5.41, 5.74) is 4.20. The highest BCUT2D eigenvalue weighted by Gasteiger charge is 2.25. The summed E-state index contributed by atoms with van der Waals surface area (Å²) in [7, 11) is 0. The smallest absolute Gasteiger partial charge is 0.231 e. The van der Waals surface area contributed by atoms with E-state index in [4.69, 9.17) is 4.74 Å². The van der Waals surface area contributed by atoms with Crippen LogP contribution in [-0.2, 0) is 11.2 Å². The van der Waals surface area contributed by atoms with Crippen molar-refractivity contribution in [3.8, 4) is 16.9 Å². The molecule has 1 amide bonds. The van der Waals surface area contributed by atoms with Gasteiger partial charge in [0.15, 0.2) is 0 Å². The Balaban J connectivity index is 1.48. The fraction of sp³-hybridized carbons (Fsp3) is 0.150. The van der Waals surface area contributed by atoms with Crippen molar-refractivity contribution in [1.29, 1.82) is 0 Å². The van der Waals surface area contributed by atoms with Gasteiger partial charge in [-0.2, -0.15) is 11.3 Å². The van der Waals surface area contributed by atoms with Crippen molar-refractivity contribution in [2.24, 2.45) is 5.92 Å². The Labute approximate surface area is 144 Å². The monoisotopic (exact) mass is 335 g/mol. The molecule has 3 nitrogen and oxygen atoms in total. The number of carbonyl (C=O) groups is 1. The molecule has 0 saturated carbocycles. The predicted molar refractivity (Wildman–Crippen MR) is 97.5 cm³/mol. The average molecular weight is 335 g/mol. The lowest BCUT2D eigenvalue weighted by Crippen LogP contribution is -2.32. The number of anilines is 1. The molecule has 1 unspecified atom stereocenters. The van der Waals surface area contributed by atoms with Gasteiger partial charge in [-0.05, 0) is 58.1 Å². The van der Waals surface area contributed by atoms with Gasteiger partial charge in [0.1, 0.15) is 12.4 Å². The van der Waals surface area contributed by atoms with Gasteiger partial charge in [0.05, 0.1) is 5.92 Å². The second-order valence-electron chi connectivity index (χ2n) is 5.90. The van der Waals surface area contributed by atoms with Crippen molar-refractivity contribution in [1.82, 2.24) is 0 Å². The summed E-state index contributed by atoms with van der Waals surface area (Å²) >= 11 is 1.67. The van der Waals surface area contributed by atoms with E-state index in [1.807, 2.05) is 42.5 Å². The quantitative estimate of drug-likeness (QED) is 0.759. The first-order valence-corrected chi connectivity index (χ1v) is 8.88. The zero-order valence-corrected chi connectivity index (χ0v) is 13.9. The third-order valence-electron chi connectivity index (χ3n) is 4.23. The van der Waals surface area contributed by atoms with Gasteiger partial charge in [-0.1, -0.05) is 30.3 Å². The number of amides is 1. The van der Waals surface area contributed by atoms with Gasteiger partial charge in [0, 0.05) is 5.69 Å². The molecule has 120 valence electrons. The molecule has 4 rings (SSSR count). The zero-order valence-electron chi connectivity index (χ0n) is 13.1. The van der Waals surface area contributed by atoms with Crippen molar-refractivity contribution >= 4 is 22.9 Å². The summed E-state index contributed by atoms with van der Waals surface area (Å²) < 4.78 is 5.72. The zero-order chi connectivity index (χ0) is 16.4. The molecule has 3 aromatic rings. The Kier molecular flexibility index (Phi) is 4.05. The third kappa shape index (κ3) is 3.05. The number of hydrogen-bond acceptors (Lipinski definition) is 3. The SMILES string of the molecule is O=C(Nc1cccc(-c2ccsc2)c1)C1COc2ccccc2C1. The number of thiophene rings is 1. The van der Waals surface area contributed by atoms with Crippen LogP contribution >= 0.6 is 11.3 Å². The van der Waals surface area contributed by atoms with E-state index in [9.17, 15) is 4.79 Å². The number of hydrogen-bond donors (Lipinski definition) is 1. The van der Waals surface area contributed by atoms with Crippen molar-refractivity contribution in [3.05, 3.63) is 70.9 Å². The van der Waals surface area contributed by atoms with Gasteiger partial charge >= 0.3 is 0 Å². The Morgan fingerprint density at radius 1 is 1.08 bits per heavy atom. The van der Waals surface area contributed by atoms with Crippen LogP contribution in [0.25, 0.3) is 11.1 Å². The van der Waals surface area contributed by atoms with Gasteiger partial charge in [0.25, 0.3) is 0 Å². The van der Waals surface area contributed by atoms with E-state index in [0.717, 1.165) is 22.6 Å².